The Morgan fingerprint density at radius 1 is 0.429 bits per heavy atom. The van der Waals surface area contributed by atoms with Gasteiger partial charge in [0.2, 0.25) is 0 Å². The van der Waals surface area contributed by atoms with Gasteiger partial charge in [0.05, 0.1) is 16.7 Å². The Kier molecular flexibility index (Phi) is 6.15. The summed E-state index contributed by atoms with van der Waals surface area (Å²) in [6, 6.07) is 61.0. The van der Waals surface area contributed by atoms with E-state index in [0.717, 1.165) is 49.6 Å². The van der Waals surface area contributed by atoms with Crippen molar-refractivity contribution < 1.29 is 4.57 Å². The highest BCUT2D eigenvalue weighted by Crippen LogP contribution is 2.50. The van der Waals surface area contributed by atoms with Gasteiger partial charge in [-0.3, -0.25) is 4.57 Å². The summed E-state index contributed by atoms with van der Waals surface area (Å²) in [7, 11) is -3.12. The molecule has 9 aromatic rings. The maximum Gasteiger partial charge on any atom is 0.175 e. The number of rotatable bonds is 4. The van der Waals surface area contributed by atoms with E-state index in [4.69, 9.17) is 4.98 Å². The minimum absolute atomic E-state index is 0.835. The molecule has 230 valence electrons. The number of imidazole rings is 1. The monoisotopic (exact) mass is 644 g/mol. The molecule has 0 amide bonds. The Hall–Kier alpha value is -6.02. The molecule has 0 saturated carbocycles. The molecule has 0 saturated heterocycles. The summed E-state index contributed by atoms with van der Waals surface area (Å²) in [6.07, 6.45) is 0. The van der Waals surface area contributed by atoms with Gasteiger partial charge in [-0.2, -0.15) is 0 Å². The van der Waals surface area contributed by atoms with Crippen LogP contribution in [0.2, 0.25) is 0 Å². The summed E-state index contributed by atoms with van der Waals surface area (Å²) >= 11 is 0. The normalized spacial score (nSPS) is 15.1. The number of hydrogen-bond acceptors (Lipinski definition) is 2. The molecule has 49 heavy (non-hydrogen) atoms. The fourth-order valence-corrected chi connectivity index (χ4v) is 10.9. The standard InChI is InChI=1S/C45H29N2OP/c48-49(33-16-5-2-6-17-33)40-24-12-11-23-39(40)47-44-38(22-13-25-41(44)49)46-45(47)32-28-26-31(27-29-32)43-36-20-9-7-18-34(36)42(30-14-3-1-4-15-30)35-19-8-10-21-37(35)43/h1-29H. The third kappa shape index (κ3) is 4.03. The largest absolute Gasteiger partial charge is 0.308 e. The zero-order valence-electron chi connectivity index (χ0n) is 26.5. The average Bonchev–Trinajstić information content (AvgIpc) is 3.57. The Labute approximate surface area is 284 Å². The van der Waals surface area contributed by atoms with E-state index in [-0.39, 0.29) is 0 Å². The minimum Gasteiger partial charge on any atom is -0.308 e. The summed E-state index contributed by atoms with van der Waals surface area (Å²) < 4.78 is 17.5. The van der Waals surface area contributed by atoms with Gasteiger partial charge in [-0.15, -0.1) is 0 Å². The molecule has 10 rings (SSSR count). The minimum atomic E-state index is -3.12. The summed E-state index contributed by atoms with van der Waals surface area (Å²) in [5, 5.41) is 7.44. The molecule has 1 unspecified atom stereocenters. The third-order valence-corrected chi connectivity index (χ3v) is 13.1. The van der Waals surface area contributed by atoms with Gasteiger partial charge in [-0.05, 0) is 68.1 Å². The molecule has 0 aliphatic carbocycles. The Balaban J connectivity index is 1.18. The van der Waals surface area contributed by atoms with Crippen molar-refractivity contribution in [1.29, 1.82) is 0 Å². The SMILES string of the molecule is O=P1(c2ccccc2)c2ccccc2-n2c(-c3ccc(-c4c5ccccc5c(-c5ccccc5)c5ccccc45)cc3)nc3cccc1c32. The van der Waals surface area contributed by atoms with Gasteiger partial charge in [-0.1, -0.05) is 152 Å². The molecular formula is C45H29N2OP. The van der Waals surface area contributed by atoms with E-state index in [1.807, 2.05) is 66.7 Å². The highest BCUT2D eigenvalue weighted by atomic mass is 31.2. The van der Waals surface area contributed by atoms with Crippen molar-refractivity contribution in [1.82, 2.24) is 9.55 Å². The van der Waals surface area contributed by atoms with E-state index in [2.05, 4.69) is 114 Å². The van der Waals surface area contributed by atoms with E-state index >= 15 is 4.57 Å². The average molecular weight is 645 g/mol. The molecule has 0 bridgehead atoms. The van der Waals surface area contributed by atoms with Crippen LogP contribution in [0, 0.1) is 0 Å². The predicted octanol–water partition coefficient (Wildman–Crippen LogP) is 10.3. The second kappa shape index (κ2) is 10.8. The van der Waals surface area contributed by atoms with Gasteiger partial charge in [-0.25, -0.2) is 4.98 Å². The first-order chi connectivity index (χ1) is 24.2. The molecule has 0 radical (unpaired) electrons. The first-order valence-electron chi connectivity index (χ1n) is 16.6. The first kappa shape index (κ1) is 28.0. The highest BCUT2D eigenvalue weighted by Gasteiger charge is 2.39. The van der Waals surface area contributed by atoms with E-state index in [1.165, 1.54) is 38.2 Å². The third-order valence-electron chi connectivity index (χ3n) is 10.0. The maximum absolute atomic E-state index is 15.3. The number of benzene rings is 8. The molecule has 1 aliphatic rings. The van der Waals surface area contributed by atoms with Crippen LogP contribution in [0.3, 0.4) is 0 Å². The summed E-state index contributed by atoms with van der Waals surface area (Å²) in [4.78, 5) is 5.20. The Morgan fingerprint density at radius 2 is 0.918 bits per heavy atom. The van der Waals surface area contributed by atoms with Crippen LogP contribution in [-0.2, 0) is 4.57 Å². The lowest BCUT2D eigenvalue weighted by atomic mass is 9.86. The van der Waals surface area contributed by atoms with E-state index in [9.17, 15) is 0 Å². The van der Waals surface area contributed by atoms with Gasteiger partial charge >= 0.3 is 0 Å². The number of para-hydroxylation sites is 2. The quantitative estimate of drug-likeness (QED) is 0.141. The van der Waals surface area contributed by atoms with Crippen molar-refractivity contribution in [2.75, 3.05) is 0 Å². The molecular weight excluding hydrogens is 615 g/mol. The van der Waals surface area contributed by atoms with Crippen molar-refractivity contribution >= 4 is 55.6 Å². The zero-order valence-corrected chi connectivity index (χ0v) is 27.4. The molecule has 1 aromatic heterocycles. The van der Waals surface area contributed by atoms with Crippen LogP contribution in [-0.4, -0.2) is 9.55 Å². The Bertz CT molecular complexity index is 2730. The maximum atomic E-state index is 15.3. The molecule has 0 spiro atoms. The van der Waals surface area contributed by atoms with Crippen LogP contribution in [0.4, 0.5) is 0 Å². The van der Waals surface area contributed by atoms with Crippen LogP contribution in [0.5, 0.6) is 0 Å². The highest BCUT2D eigenvalue weighted by molar-refractivity contribution is 7.86. The number of hydrogen-bond donors (Lipinski definition) is 0. The predicted molar refractivity (Wildman–Crippen MR) is 205 cm³/mol. The zero-order chi connectivity index (χ0) is 32.5. The fourth-order valence-electron chi connectivity index (χ4n) is 7.90. The molecule has 1 atom stereocenters. The van der Waals surface area contributed by atoms with Gasteiger partial charge in [0.25, 0.3) is 0 Å². The number of aromatic nitrogens is 2. The van der Waals surface area contributed by atoms with Gasteiger partial charge in [0, 0.05) is 21.5 Å². The lowest BCUT2D eigenvalue weighted by Gasteiger charge is -2.29. The number of nitrogens with zero attached hydrogens (tertiary/aromatic N) is 2. The topological polar surface area (TPSA) is 34.9 Å². The number of fused-ring (bicyclic) bond motifs is 4. The Morgan fingerprint density at radius 3 is 1.55 bits per heavy atom. The molecule has 4 heteroatoms. The van der Waals surface area contributed by atoms with Crippen molar-refractivity contribution in [3.63, 3.8) is 0 Å². The lowest BCUT2D eigenvalue weighted by Crippen LogP contribution is -2.32. The van der Waals surface area contributed by atoms with Crippen molar-refractivity contribution in [2.45, 2.75) is 0 Å². The summed E-state index contributed by atoms with van der Waals surface area (Å²) in [5.74, 6) is 0.843. The summed E-state index contributed by atoms with van der Waals surface area (Å²) in [5.41, 5.74) is 8.54. The molecule has 0 fully saturated rings. The molecule has 8 aromatic carbocycles. The summed E-state index contributed by atoms with van der Waals surface area (Å²) in [6.45, 7) is 0. The van der Waals surface area contributed by atoms with Gasteiger partial charge in [0.1, 0.15) is 5.82 Å². The van der Waals surface area contributed by atoms with Gasteiger partial charge in [0.15, 0.2) is 7.14 Å². The van der Waals surface area contributed by atoms with Crippen LogP contribution < -0.4 is 15.9 Å². The van der Waals surface area contributed by atoms with Crippen LogP contribution >= 0.6 is 7.14 Å². The molecule has 3 nitrogen and oxygen atoms in total. The van der Waals surface area contributed by atoms with Crippen LogP contribution in [0.1, 0.15) is 0 Å². The van der Waals surface area contributed by atoms with Crippen molar-refractivity contribution in [3.05, 3.63) is 176 Å². The van der Waals surface area contributed by atoms with E-state index < -0.39 is 7.14 Å². The molecule has 1 aliphatic heterocycles. The van der Waals surface area contributed by atoms with Crippen molar-refractivity contribution in [2.24, 2.45) is 0 Å². The smallest absolute Gasteiger partial charge is 0.175 e. The molecule has 0 N–H and O–H groups in total. The molecule has 2 heterocycles. The van der Waals surface area contributed by atoms with Crippen LogP contribution in [0.25, 0.3) is 71.9 Å². The first-order valence-corrected chi connectivity index (χ1v) is 18.3. The fraction of sp³-hybridized carbons (Fsp3) is 0. The van der Waals surface area contributed by atoms with E-state index in [1.54, 1.807) is 0 Å². The lowest BCUT2D eigenvalue weighted by molar-refractivity contribution is 0.592. The van der Waals surface area contributed by atoms with E-state index in [0.29, 0.717) is 0 Å². The van der Waals surface area contributed by atoms with Crippen molar-refractivity contribution in [3.8, 4) is 39.3 Å². The van der Waals surface area contributed by atoms with Crippen LogP contribution in [0.15, 0.2) is 176 Å². The second-order valence-corrected chi connectivity index (χ2v) is 15.3. The van der Waals surface area contributed by atoms with Gasteiger partial charge < -0.3 is 4.57 Å². The second-order valence-electron chi connectivity index (χ2n) is 12.6.